The molecule has 0 unspecified atom stereocenters. The summed E-state index contributed by atoms with van der Waals surface area (Å²) in [5.74, 6) is -0.0734. The Balaban J connectivity index is 1.92. The number of aliphatic hydroxyl groups excluding tert-OH is 1. The van der Waals surface area contributed by atoms with Crippen molar-refractivity contribution in [3.8, 4) is 6.07 Å². The van der Waals surface area contributed by atoms with Crippen LogP contribution in [0.4, 0.5) is 5.00 Å². The number of carbonyl (C=O) groups is 1. The van der Waals surface area contributed by atoms with Crippen molar-refractivity contribution in [3.05, 3.63) is 16.0 Å². The fraction of sp³-hybridized carbons (Fsp3) is 0.647. The molecule has 23 heavy (non-hydrogen) atoms. The lowest BCUT2D eigenvalue weighted by Crippen LogP contribution is -2.44. The number of amides is 1. The summed E-state index contributed by atoms with van der Waals surface area (Å²) in [5, 5.41) is 22.3. The van der Waals surface area contributed by atoms with Crippen molar-refractivity contribution in [1.82, 2.24) is 4.90 Å². The number of aliphatic hydroxyl groups is 1. The molecule has 6 heteroatoms. The summed E-state index contributed by atoms with van der Waals surface area (Å²) in [6.45, 7) is 8.20. The predicted molar refractivity (Wildman–Crippen MR) is 92.6 cm³/mol. The van der Waals surface area contributed by atoms with Crippen LogP contribution in [-0.4, -0.2) is 42.2 Å². The number of nitriles is 1. The Kier molecular flexibility index (Phi) is 5.79. The fourth-order valence-corrected chi connectivity index (χ4v) is 4.05. The van der Waals surface area contributed by atoms with Gasteiger partial charge >= 0.3 is 0 Å². The first-order valence-corrected chi connectivity index (χ1v) is 8.89. The zero-order valence-electron chi connectivity index (χ0n) is 14.1. The Morgan fingerprint density at radius 2 is 2.09 bits per heavy atom. The number of likely N-dealkylation sites (tertiary alicyclic amines) is 1. The standard InChI is InChI=1S/C17H25N3O2S/c1-4-17(11-21)5-7-20(8-6-17)10-15(22)19-16-14(9-18)12(2)13(3)23-16/h21H,4-8,10-11H2,1-3H3,(H,19,22). The van der Waals surface area contributed by atoms with Crippen LogP contribution in [0.3, 0.4) is 0 Å². The average Bonchev–Trinajstić information content (AvgIpc) is 2.82. The van der Waals surface area contributed by atoms with Gasteiger partial charge in [0.05, 0.1) is 12.1 Å². The molecule has 0 aromatic carbocycles. The zero-order valence-corrected chi connectivity index (χ0v) is 14.9. The Morgan fingerprint density at radius 1 is 1.43 bits per heavy atom. The maximum atomic E-state index is 12.3. The fourth-order valence-electron chi connectivity index (χ4n) is 3.03. The molecule has 0 saturated carbocycles. The van der Waals surface area contributed by atoms with Crippen LogP contribution in [0.5, 0.6) is 0 Å². The number of anilines is 1. The molecule has 1 fully saturated rings. The Hall–Kier alpha value is -1.42. The van der Waals surface area contributed by atoms with Crippen LogP contribution in [0.1, 0.15) is 42.2 Å². The highest BCUT2D eigenvalue weighted by molar-refractivity contribution is 7.16. The lowest BCUT2D eigenvalue weighted by Gasteiger charge is -2.39. The van der Waals surface area contributed by atoms with Crippen LogP contribution in [0, 0.1) is 30.6 Å². The van der Waals surface area contributed by atoms with E-state index in [9.17, 15) is 15.2 Å². The third kappa shape index (κ3) is 3.92. The maximum Gasteiger partial charge on any atom is 0.239 e. The summed E-state index contributed by atoms with van der Waals surface area (Å²) in [6.07, 6.45) is 2.82. The minimum atomic E-state index is -0.0734. The largest absolute Gasteiger partial charge is 0.396 e. The van der Waals surface area contributed by atoms with Crippen LogP contribution in [-0.2, 0) is 4.79 Å². The van der Waals surface area contributed by atoms with Crippen molar-refractivity contribution >= 4 is 22.2 Å². The first-order valence-electron chi connectivity index (χ1n) is 8.08. The third-order valence-electron chi connectivity index (χ3n) is 5.12. The quantitative estimate of drug-likeness (QED) is 0.867. The summed E-state index contributed by atoms with van der Waals surface area (Å²) in [6, 6.07) is 2.17. The molecular formula is C17H25N3O2S. The molecule has 0 aliphatic carbocycles. The minimum Gasteiger partial charge on any atom is -0.396 e. The van der Waals surface area contributed by atoms with E-state index in [1.165, 1.54) is 11.3 Å². The minimum absolute atomic E-state index is 0.0307. The van der Waals surface area contributed by atoms with Crippen molar-refractivity contribution in [2.45, 2.75) is 40.0 Å². The van der Waals surface area contributed by atoms with E-state index < -0.39 is 0 Å². The number of aryl methyl sites for hydroxylation is 1. The molecule has 2 rings (SSSR count). The van der Waals surface area contributed by atoms with Gasteiger partial charge in [-0.1, -0.05) is 6.92 Å². The summed E-state index contributed by atoms with van der Waals surface area (Å²) in [4.78, 5) is 15.4. The van der Waals surface area contributed by atoms with E-state index in [0.717, 1.165) is 42.8 Å². The topological polar surface area (TPSA) is 76.4 Å². The smallest absolute Gasteiger partial charge is 0.239 e. The average molecular weight is 335 g/mol. The number of rotatable bonds is 5. The van der Waals surface area contributed by atoms with E-state index in [4.69, 9.17) is 0 Å². The highest BCUT2D eigenvalue weighted by Gasteiger charge is 2.32. The molecule has 2 N–H and O–H groups in total. The summed E-state index contributed by atoms with van der Waals surface area (Å²) in [7, 11) is 0. The second-order valence-corrected chi connectivity index (χ2v) is 7.66. The van der Waals surface area contributed by atoms with Crippen molar-refractivity contribution in [2.75, 3.05) is 31.6 Å². The molecule has 0 atom stereocenters. The number of nitrogens with one attached hydrogen (secondary N) is 1. The molecule has 5 nitrogen and oxygen atoms in total. The van der Waals surface area contributed by atoms with Gasteiger partial charge in [-0.3, -0.25) is 9.69 Å². The van der Waals surface area contributed by atoms with E-state index >= 15 is 0 Å². The second kappa shape index (κ2) is 7.43. The zero-order chi connectivity index (χ0) is 17.0. The number of piperidine rings is 1. The molecule has 1 aromatic rings. The van der Waals surface area contributed by atoms with Gasteiger partial charge in [-0.25, -0.2) is 0 Å². The molecule has 1 aliphatic rings. The van der Waals surface area contributed by atoms with Gasteiger partial charge in [0.25, 0.3) is 0 Å². The number of nitrogens with zero attached hydrogens (tertiary/aromatic N) is 2. The molecule has 1 aromatic heterocycles. The number of hydrogen-bond acceptors (Lipinski definition) is 5. The van der Waals surface area contributed by atoms with Crippen LogP contribution in [0.2, 0.25) is 0 Å². The SMILES string of the molecule is CCC1(CO)CCN(CC(=O)Nc2sc(C)c(C)c2C#N)CC1. The van der Waals surface area contributed by atoms with Gasteiger partial charge in [0.2, 0.25) is 5.91 Å². The molecule has 1 aliphatic heterocycles. The van der Waals surface area contributed by atoms with Gasteiger partial charge in [0.1, 0.15) is 11.1 Å². The molecule has 2 heterocycles. The predicted octanol–water partition coefficient (Wildman–Crippen LogP) is 2.66. The number of hydrogen-bond donors (Lipinski definition) is 2. The highest BCUT2D eigenvalue weighted by atomic mass is 32.1. The van der Waals surface area contributed by atoms with Gasteiger partial charge in [-0.2, -0.15) is 5.26 Å². The molecule has 0 spiro atoms. The van der Waals surface area contributed by atoms with Crippen molar-refractivity contribution in [3.63, 3.8) is 0 Å². The van der Waals surface area contributed by atoms with Gasteiger partial charge < -0.3 is 10.4 Å². The Labute approximate surface area is 141 Å². The Bertz CT molecular complexity index is 604. The van der Waals surface area contributed by atoms with Crippen LogP contribution >= 0.6 is 11.3 Å². The first-order chi connectivity index (χ1) is 10.9. The first kappa shape index (κ1) is 17.9. The summed E-state index contributed by atoms with van der Waals surface area (Å²) >= 11 is 1.46. The number of carbonyl (C=O) groups excluding carboxylic acids is 1. The molecule has 1 amide bonds. The highest BCUT2D eigenvalue weighted by Crippen LogP contribution is 2.34. The number of thiophene rings is 1. The maximum absolute atomic E-state index is 12.3. The monoisotopic (exact) mass is 335 g/mol. The lowest BCUT2D eigenvalue weighted by atomic mass is 9.77. The van der Waals surface area contributed by atoms with Gasteiger partial charge in [0, 0.05) is 11.5 Å². The van der Waals surface area contributed by atoms with Gasteiger partial charge in [-0.15, -0.1) is 11.3 Å². The van der Waals surface area contributed by atoms with E-state index in [1.54, 1.807) is 0 Å². The molecule has 1 saturated heterocycles. The normalized spacial score (nSPS) is 17.7. The van der Waals surface area contributed by atoms with Crippen molar-refractivity contribution < 1.29 is 9.90 Å². The molecule has 126 valence electrons. The van der Waals surface area contributed by atoms with Gasteiger partial charge in [-0.05, 0) is 57.2 Å². The van der Waals surface area contributed by atoms with Crippen molar-refractivity contribution in [2.24, 2.45) is 5.41 Å². The second-order valence-electron chi connectivity index (χ2n) is 6.44. The van der Waals surface area contributed by atoms with E-state index in [1.807, 2.05) is 13.8 Å². The van der Waals surface area contributed by atoms with Gasteiger partial charge in [0.15, 0.2) is 0 Å². The third-order valence-corrected chi connectivity index (χ3v) is 6.24. The van der Waals surface area contributed by atoms with Crippen LogP contribution in [0.25, 0.3) is 0 Å². The summed E-state index contributed by atoms with van der Waals surface area (Å²) < 4.78 is 0. The molecular weight excluding hydrogens is 310 g/mol. The Morgan fingerprint density at radius 3 is 2.61 bits per heavy atom. The van der Waals surface area contributed by atoms with E-state index in [-0.39, 0.29) is 17.9 Å². The summed E-state index contributed by atoms with van der Waals surface area (Å²) in [5.41, 5.74) is 1.55. The van der Waals surface area contributed by atoms with Crippen molar-refractivity contribution in [1.29, 1.82) is 5.26 Å². The molecule has 0 bridgehead atoms. The van der Waals surface area contributed by atoms with E-state index in [2.05, 4.69) is 23.2 Å². The van der Waals surface area contributed by atoms with Crippen LogP contribution in [0.15, 0.2) is 0 Å². The van der Waals surface area contributed by atoms with E-state index in [0.29, 0.717) is 17.1 Å². The van der Waals surface area contributed by atoms with Crippen LogP contribution < -0.4 is 5.32 Å². The lowest BCUT2D eigenvalue weighted by molar-refractivity contribution is -0.118. The molecule has 0 radical (unpaired) electrons.